The molecule has 0 fully saturated rings. The van der Waals surface area contributed by atoms with E-state index in [1.54, 1.807) is 31.2 Å². The van der Waals surface area contributed by atoms with Gasteiger partial charge in [-0.25, -0.2) is 4.79 Å². The van der Waals surface area contributed by atoms with Crippen molar-refractivity contribution >= 4 is 40.0 Å². The number of ether oxygens (including phenoxy) is 1. The zero-order valence-electron chi connectivity index (χ0n) is 18.8. The summed E-state index contributed by atoms with van der Waals surface area (Å²) in [5.74, 6) is -0.579. The zero-order chi connectivity index (χ0) is 24.9. The fourth-order valence-electron chi connectivity index (χ4n) is 3.89. The van der Waals surface area contributed by atoms with Crippen LogP contribution in [0.3, 0.4) is 0 Å². The Morgan fingerprint density at radius 1 is 1.29 bits per heavy atom. The molecule has 0 unspecified atom stereocenters. The van der Waals surface area contributed by atoms with E-state index in [9.17, 15) is 25.0 Å². The van der Waals surface area contributed by atoms with E-state index in [1.807, 2.05) is 6.07 Å². The van der Waals surface area contributed by atoms with Gasteiger partial charge in [0.2, 0.25) is 0 Å². The molecule has 0 radical (unpaired) electrons. The lowest BCUT2D eigenvalue weighted by Gasteiger charge is -2.12. The van der Waals surface area contributed by atoms with Gasteiger partial charge in [0, 0.05) is 28.6 Å². The molecule has 178 valence electrons. The normalized spacial score (nSPS) is 13.0. The van der Waals surface area contributed by atoms with E-state index in [1.165, 1.54) is 29.5 Å². The number of hydrogen-bond acceptors (Lipinski definition) is 8. The number of nitrogens with one attached hydrogen (secondary N) is 1. The van der Waals surface area contributed by atoms with Gasteiger partial charge in [-0.3, -0.25) is 14.9 Å². The van der Waals surface area contributed by atoms with Crippen LogP contribution < -0.4 is 5.32 Å². The number of amides is 1. The van der Waals surface area contributed by atoms with Crippen LogP contribution >= 0.6 is 11.3 Å². The summed E-state index contributed by atoms with van der Waals surface area (Å²) in [4.78, 5) is 37.1. The minimum atomic E-state index is -0.676. The Kier molecular flexibility index (Phi) is 7.08. The molecule has 9 nitrogen and oxygen atoms in total. The maximum Gasteiger partial charge on any atom is 0.341 e. The number of nitro benzene ring substituents is 1. The molecule has 0 atom stereocenters. The van der Waals surface area contributed by atoms with E-state index in [-0.39, 0.29) is 23.6 Å². The third-order valence-electron chi connectivity index (χ3n) is 5.50. The minimum absolute atomic E-state index is 0.0795. The molecule has 1 N–H and O–H groups in total. The number of nitrogens with zero attached hydrogens (tertiary/aromatic N) is 2. The predicted octanol–water partition coefficient (Wildman–Crippen LogP) is 5.52. The number of carbonyl (C=O) groups is 2. The highest BCUT2D eigenvalue weighted by molar-refractivity contribution is 7.17. The zero-order valence-corrected chi connectivity index (χ0v) is 19.6. The number of furan rings is 1. The molecule has 10 heteroatoms. The molecule has 0 bridgehead atoms. The Bertz CT molecular complexity index is 1380. The molecule has 1 amide bonds. The summed E-state index contributed by atoms with van der Waals surface area (Å²) in [6.07, 6.45) is 4.82. The molecule has 0 saturated heterocycles. The lowest BCUT2D eigenvalue weighted by Crippen LogP contribution is -2.16. The van der Waals surface area contributed by atoms with Crippen LogP contribution in [-0.4, -0.2) is 23.4 Å². The average molecular weight is 492 g/mol. The first-order valence-corrected chi connectivity index (χ1v) is 11.8. The summed E-state index contributed by atoms with van der Waals surface area (Å²) in [5, 5.41) is 23.7. The van der Waals surface area contributed by atoms with Crippen LogP contribution in [0.5, 0.6) is 0 Å². The molecule has 4 rings (SSSR count). The first-order valence-electron chi connectivity index (χ1n) is 11.0. The van der Waals surface area contributed by atoms with E-state index in [2.05, 4.69) is 5.32 Å². The van der Waals surface area contributed by atoms with E-state index in [4.69, 9.17) is 9.15 Å². The van der Waals surface area contributed by atoms with Gasteiger partial charge in [-0.15, -0.1) is 11.3 Å². The molecule has 0 saturated carbocycles. The Morgan fingerprint density at radius 2 is 2.09 bits per heavy atom. The molecular weight excluding hydrogens is 470 g/mol. The number of nitriles is 1. The maximum absolute atomic E-state index is 12.9. The van der Waals surface area contributed by atoms with Crippen molar-refractivity contribution in [3.8, 4) is 17.4 Å². The van der Waals surface area contributed by atoms with Crippen molar-refractivity contribution < 1.29 is 23.7 Å². The topological polar surface area (TPSA) is 135 Å². The van der Waals surface area contributed by atoms with E-state index >= 15 is 0 Å². The highest BCUT2D eigenvalue weighted by atomic mass is 32.1. The van der Waals surface area contributed by atoms with E-state index < -0.39 is 16.8 Å². The number of fused-ring (bicyclic) bond motifs is 1. The van der Waals surface area contributed by atoms with Gasteiger partial charge in [0.1, 0.15) is 28.2 Å². The molecule has 1 aromatic carbocycles. The molecule has 0 spiro atoms. The summed E-state index contributed by atoms with van der Waals surface area (Å²) >= 11 is 1.34. The fourth-order valence-corrected chi connectivity index (χ4v) is 5.17. The number of carbonyl (C=O) groups excluding carboxylic acids is 2. The van der Waals surface area contributed by atoms with Gasteiger partial charge in [0.15, 0.2) is 0 Å². The van der Waals surface area contributed by atoms with Crippen molar-refractivity contribution in [3.05, 3.63) is 73.8 Å². The van der Waals surface area contributed by atoms with E-state index in [0.717, 1.165) is 36.1 Å². The first-order chi connectivity index (χ1) is 16.9. The van der Waals surface area contributed by atoms with Crippen molar-refractivity contribution in [3.63, 3.8) is 0 Å². The quantitative estimate of drug-likeness (QED) is 0.151. The van der Waals surface area contributed by atoms with Crippen molar-refractivity contribution in [2.24, 2.45) is 0 Å². The van der Waals surface area contributed by atoms with Crippen LogP contribution in [0.1, 0.15) is 46.3 Å². The number of hydrogen-bond donors (Lipinski definition) is 1. The summed E-state index contributed by atoms with van der Waals surface area (Å²) in [6.45, 7) is 1.93. The fraction of sp³-hybridized carbons (Fsp3) is 0.240. The molecule has 0 aliphatic heterocycles. The van der Waals surface area contributed by atoms with Gasteiger partial charge in [0.05, 0.1) is 17.1 Å². The molecule has 3 aromatic rings. The Hall–Kier alpha value is -4.23. The average Bonchev–Trinajstić information content (AvgIpc) is 3.47. The summed E-state index contributed by atoms with van der Waals surface area (Å²) in [6, 6.07) is 11.0. The largest absolute Gasteiger partial charge is 0.462 e. The summed E-state index contributed by atoms with van der Waals surface area (Å²) in [7, 11) is 0. The highest BCUT2D eigenvalue weighted by Gasteiger charge is 2.28. The van der Waals surface area contributed by atoms with Crippen LogP contribution in [0, 0.1) is 21.4 Å². The van der Waals surface area contributed by atoms with Crippen LogP contribution in [0.4, 0.5) is 10.7 Å². The molecule has 1 aliphatic carbocycles. The molecule has 2 heterocycles. The van der Waals surface area contributed by atoms with Gasteiger partial charge >= 0.3 is 5.97 Å². The summed E-state index contributed by atoms with van der Waals surface area (Å²) in [5.41, 5.74) is 1.47. The lowest BCUT2D eigenvalue weighted by molar-refractivity contribution is -0.384. The number of aryl methyl sites for hydroxylation is 1. The second-order valence-corrected chi connectivity index (χ2v) is 8.87. The Morgan fingerprint density at radius 3 is 2.83 bits per heavy atom. The highest BCUT2D eigenvalue weighted by Crippen LogP contribution is 2.39. The number of rotatable bonds is 7. The number of non-ortho nitro benzene ring substituents is 1. The Balaban J connectivity index is 1.59. The van der Waals surface area contributed by atoms with Gasteiger partial charge in [-0.2, -0.15) is 5.26 Å². The lowest BCUT2D eigenvalue weighted by atomic mass is 9.95. The number of thiophene rings is 1. The molecule has 35 heavy (non-hydrogen) atoms. The van der Waals surface area contributed by atoms with Crippen molar-refractivity contribution in [1.82, 2.24) is 0 Å². The van der Waals surface area contributed by atoms with Crippen molar-refractivity contribution in [2.45, 2.75) is 32.6 Å². The SMILES string of the molecule is CCOC(=O)c1c(NC(=O)/C(C#N)=C/c2ccc(-c3cccc([N+](=O)[O-])c3)o2)sc2c1CCCC2. The predicted molar refractivity (Wildman–Crippen MR) is 130 cm³/mol. The van der Waals surface area contributed by atoms with Crippen LogP contribution in [0.15, 0.2) is 46.4 Å². The second kappa shape index (κ2) is 10.4. The number of nitro groups is 1. The summed E-state index contributed by atoms with van der Waals surface area (Å²) < 4.78 is 10.9. The number of esters is 1. The van der Waals surface area contributed by atoms with Gasteiger partial charge in [0.25, 0.3) is 11.6 Å². The van der Waals surface area contributed by atoms with E-state index in [0.29, 0.717) is 21.9 Å². The van der Waals surface area contributed by atoms with Crippen LogP contribution in [-0.2, 0) is 22.4 Å². The standard InChI is InChI=1S/C25H21N3O6S/c1-2-33-25(30)22-19-8-3-4-9-21(19)35-24(22)27-23(29)16(14-26)13-18-10-11-20(34-18)15-6-5-7-17(12-15)28(31)32/h5-7,10-13H,2-4,8-9H2,1H3,(H,27,29)/b16-13+. The minimum Gasteiger partial charge on any atom is -0.462 e. The molecule has 2 aromatic heterocycles. The smallest absolute Gasteiger partial charge is 0.341 e. The van der Waals surface area contributed by atoms with Crippen LogP contribution in [0.2, 0.25) is 0 Å². The van der Waals surface area contributed by atoms with Crippen molar-refractivity contribution in [1.29, 1.82) is 5.26 Å². The Labute approximate surface area is 204 Å². The van der Waals surface area contributed by atoms with Crippen molar-refractivity contribution in [2.75, 3.05) is 11.9 Å². The van der Waals surface area contributed by atoms with Gasteiger partial charge < -0.3 is 14.5 Å². The monoisotopic (exact) mass is 491 g/mol. The third-order valence-corrected chi connectivity index (χ3v) is 6.71. The second-order valence-electron chi connectivity index (χ2n) is 7.77. The van der Waals surface area contributed by atoms with Gasteiger partial charge in [-0.1, -0.05) is 12.1 Å². The maximum atomic E-state index is 12.9. The molecule has 1 aliphatic rings. The third kappa shape index (κ3) is 5.15. The van der Waals surface area contributed by atoms with Crippen LogP contribution in [0.25, 0.3) is 17.4 Å². The number of anilines is 1. The first kappa shape index (κ1) is 23.9. The molecular formula is C25H21N3O6S. The van der Waals surface area contributed by atoms with Gasteiger partial charge in [-0.05, 0) is 50.3 Å². The number of benzene rings is 1.